The first-order chi connectivity index (χ1) is 14.8. The molecule has 2 heterocycles. The van der Waals surface area contributed by atoms with Gasteiger partial charge in [0.05, 0.1) is 36.6 Å². The van der Waals surface area contributed by atoms with Crippen molar-refractivity contribution in [2.24, 2.45) is 29.1 Å². The molecule has 7 rings (SSSR count). The molecule has 2 aliphatic heterocycles. The van der Waals surface area contributed by atoms with E-state index in [4.69, 9.17) is 18.9 Å². The van der Waals surface area contributed by atoms with Crippen molar-refractivity contribution < 1.29 is 34.3 Å². The summed E-state index contributed by atoms with van der Waals surface area (Å²) in [6, 6.07) is -0.385. The van der Waals surface area contributed by atoms with Crippen molar-refractivity contribution in [3.63, 3.8) is 0 Å². The van der Waals surface area contributed by atoms with Crippen LogP contribution < -0.4 is 0 Å². The third kappa shape index (κ3) is 1.70. The summed E-state index contributed by atoms with van der Waals surface area (Å²) in [6.07, 6.45) is 0.106. The van der Waals surface area contributed by atoms with Gasteiger partial charge in [-0.3, -0.25) is 4.90 Å². The van der Waals surface area contributed by atoms with E-state index in [-0.39, 0.29) is 48.0 Å². The van der Waals surface area contributed by atoms with Gasteiger partial charge in [0.25, 0.3) is 0 Å². The number of hydrogen-bond acceptors (Lipinski definition) is 8. The highest BCUT2D eigenvalue weighted by molar-refractivity contribution is 5.44. The second kappa shape index (κ2) is 5.66. The number of nitrogens with zero attached hydrogens (tertiary/aromatic N) is 1. The highest BCUT2D eigenvalue weighted by atomic mass is 16.6. The van der Waals surface area contributed by atoms with Crippen LogP contribution in [0.4, 0.5) is 0 Å². The Morgan fingerprint density at radius 3 is 2.52 bits per heavy atom. The molecule has 8 nitrogen and oxygen atoms in total. The fraction of sp³-hybridized carbons (Fsp3) is 1.00. The molecule has 7 aliphatic rings. The molecule has 0 radical (unpaired) electrons. The molecule has 2 saturated heterocycles. The molecule has 8 heteroatoms. The Morgan fingerprint density at radius 1 is 1.10 bits per heavy atom. The van der Waals surface area contributed by atoms with E-state index in [0.29, 0.717) is 12.8 Å². The summed E-state index contributed by atoms with van der Waals surface area (Å²) in [5.41, 5.74) is -3.98. The van der Waals surface area contributed by atoms with Gasteiger partial charge in [0.15, 0.2) is 0 Å². The van der Waals surface area contributed by atoms with Crippen LogP contribution in [0.25, 0.3) is 0 Å². The van der Waals surface area contributed by atoms with E-state index in [0.717, 1.165) is 19.5 Å². The number of aliphatic hydroxyl groups is 3. The summed E-state index contributed by atoms with van der Waals surface area (Å²) in [5, 5.41) is 37.1. The van der Waals surface area contributed by atoms with Gasteiger partial charge in [-0.05, 0) is 18.9 Å². The Morgan fingerprint density at radius 2 is 1.87 bits per heavy atom. The fourth-order valence-electron chi connectivity index (χ4n) is 10.6. The molecule has 7 bridgehead atoms. The van der Waals surface area contributed by atoms with E-state index in [1.807, 2.05) is 0 Å². The van der Waals surface area contributed by atoms with Crippen molar-refractivity contribution >= 4 is 0 Å². The normalized spacial score (nSPS) is 67.5. The number of fused-ring (bicyclic) bond motifs is 2. The van der Waals surface area contributed by atoms with Gasteiger partial charge in [-0.2, -0.15) is 0 Å². The molecule has 7 fully saturated rings. The van der Waals surface area contributed by atoms with E-state index in [1.165, 1.54) is 0 Å². The van der Waals surface area contributed by atoms with E-state index in [2.05, 4.69) is 11.8 Å². The number of likely N-dealkylation sites (tertiary alicyclic amines) is 1. The van der Waals surface area contributed by atoms with Crippen molar-refractivity contribution in [2.75, 3.05) is 34.4 Å². The maximum absolute atomic E-state index is 12.8. The molecule has 0 aromatic rings. The molecule has 3 N–H and O–H groups in total. The van der Waals surface area contributed by atoms with Gasteiger partial charge in [0.1, 0.15) is 16.8 Å². The third-order valence-electron chi connectivity index (χ3n) is 11.2. The van der Waals surface area contributed by atoms with E-state index >= 15 is 0 Å². The molecule has 14 atom stereocenters. The maximum atomic E-state index is 12.8. The summed E-state index contributed by atoms with van der Waals surface area (Å²) >= 11 is 0. The van der Waals surface area contributed by atoms with Crippen molar-refractivity contribution in [3.8, 4) is 0 Å². The molecule has 5 aliphatic carbocycles. The average Bonchev–Trinajstić information content (AvgIpc) is 3.25. The molecule has 0 aromatic carbocycles. The number of epoxide rings is 1. The van der Waals surface area contributed by atoms with Crippen molar-refractivity contribution in [3.05, 3.63) is 0 Å². The van der Waals surface area contributed by atoms with E-state index in [1.54, 1.807) is 21.3 Å². The predicted molar refractivity (Wildman–Crippen MR) is 107 cm³/mol. The number of ether oxygens (including phenoxy) is 4. The summed E-state index contributed by atoms with van der Waals surface area (Å²) in [6.45, 7) is 3.54. The number of aliphatic hydroxyl groups excluding tert-OH is 1. The summed E-state index contributed by atoms with van der Waals surface area (Å²) in [5.74, 6) is -0.264. The monoisotopic (exact) mass is 437 g/mol. The number of rotatable bonds is 4. The minimum atomic E-state index is -1.54. The first kappa shape index (κ1) is 20.1. The SMILES string of the molecule is CCN1C[C@]23O[C@H]2C[C@@H](O)[C@@]24[C@@H]5C[C@H]6[C@H](OC)[C@@H]5[C@](O)(C[C@@H]6OC)[C@@](O)([C@@H](OC)[C@H]32)[C@@H]14. The average molecular weight is 438 g/mol. The predicted octanol–water partition coefficient (Wildman–Crippen LogP) is -0.614. The minimum absolute atomic E-state index is 0.00870. The van der Waals surface area contributed by atoms with Crippen LogP contribution in [-0.2, 0) is 18.9 Å². The minimum Gasteiger partial charge on any atom is -0.392 e. The van der Waals surface area contributed by atoms with Crippen LogP contribution in [0.5, 0.6) is 0 Å². The van der Waals surface area contributed by atoms with Crippen LogP contribution in [0.3, 0.4) is 0 Å². The van der Waals surface area contributed by atoms with Gasteiger partial charge in [-0.15, -0.1) is 0 Å². The van der Waals surface area contributed by atoms with Crippen LogP contribution in [0.2, 0.25) is 0 Å². The molecule has 0 aromatic heterocycles. The number of piperidine rings is 1. The van der Waals surface area contributed by atoms with Gasteiger partial charge < -0.3 is 34.3 Å². The molecular weight excluding hydrogens is 402 g/mol. The number of likely N-dealkylation sites (N-methyl/N-ethyl adjacent to an activating group) is 1. The van der Waals surface area contributed by atoms with Gasteiger partial charge in [-0.25, -0.2) is 0 Å². The van der Waals surface area contributed by atoms with Crippen molar-refractivity contribution in [1.29, 1.82) is 0 Å². The standard InChI is InChI=1S/C23H35NO7/c1-5-24-9-20-14(31-20)7-13(25)22-11-6-10-12(28-2)8-21(26,15(11)16(10)29-3)23(27,19(22)24)18(30-4)17(20)22/h10-19,25-27H,5-9H2,1-4H3/t10-,11-,12+,13-,14+,15-,16+,17-,18+,19+,20+,21-,22+,23-/m1/s1. The lowest BCUT2D eigenvalue weighted by Gasteiger charge is -2.67. The first-order valence-electron chi connectivity index (χ1n) is 11.9. The Hall–Kier alpha value is -0.320. The quantitative estimate of drug-likeness (QED) is 0.501. The Balaban J connectivity index is 1.54. The maximum Gasteiger partial charge on any atom is 0.136 e. The third-order valence-corrected chi connectivity index (χ3v) is 11.2. The molecular formula is C23H35NO7. The van der Waals surface area contributed by atoms with Gasteiger partial charge >= 0.3 is 0 Å². The lowest BCUT2D eigenvalue weighted by atomic mass is 9.45. The molecule has 2 spiro atoms. The number of hydrogen-bond donors (Lipinski definition) is 3. The fourth-order valence-corrected chi connectivity index (χ4v) is 10.6. The second-order valence-corrected chi connectivity index (χ2v) is 11.4. The highest BCUT2D eigenvalue weighted by Crippen LogP contribution is 2.81. The van der Waals surface area contributed by atoms with Crippen LogP contribution in [-0.4, -0.2) is 108 Å². The zero-order chi connectivity index (χ0) is 21.7. The summed E-state index contributed by atoms with van der Waals surface area (Å²) in [4.78, 5) is 2.28. The van der Waals surface area contributed by atoms with E-state index in [9.17, 15) is 15.3 Å². The van der Waals surface area contributed by atoms with E-state index < -0.39 is 34.4 Å². The van der Waals surface area contributed by atoms with Crippen LogP contribution >= 0.6 is 0 Å². The molecule has 0 amide bonds. The lowest BCUT2D eigenvalue weighted by molar-refractivity contribution is -0.312. The Kier molecular flexibility index (Phi) is 3.67. The zero-order valence-electron chi connectivity index (χ0n) is 18.7. The topological polar surface area (TPSA) is 104 Å². The van der Waals surface area contributed by atoms with Crippen LogP contribution in [0.15, 0.2) is 0 Å². The first-order valence-corrected chi connectivity index (χ1v) is 11.9. The highest BCUT2D eigenvalue weighted by Gasteiger charge is 2.95. The van der Waals surface area contributed by atoms with Gasteiger partial charge in [0, 0.05) is 63.9 Å². The van der Waals surface area contributed by atoms with Crippen molar-refractivity contribution in [1.82, 2.24) is 4.90 Å². The Bertz CT molecular complexity index is 828. The van der Waals surface area contributed by atoms with Gasteiger partial charge in [-0.1, -0.05) is 6.92 Å². The summed E-state index contributed by atoms with van der Waals surface area (Å²) in [7, 11) is 5.01. The van der Waals surface area contributed by atoms with Gasteiger partial charge in [0.2, 0.25) is 0 Å². The Labute approximate surface area is 182 Å². The smallest absolute Gasteiger partial charge is 0.136 e. The summed E-state index contributed by atoms with van der Waals surface area (Å²) < 4.78 is 24.4. The molecule has 5 saturated carbocycles. The number of methoxy groups -OCH3 is 3. The van der Waals surface area contributed by atoms with Crippen LogP contribution in [0, 0.1) is 29.1 Å². The lowest BCUT2D eigenvalue weighted by Crippen LogP contribution is -2.81. The zero-order valence-corrected chi connectivity index (χ0v) is 18.7. The molecule has 174 valence electrons. The molecule has 0 unspecified atom stereocenters. The molecule has 31 heavy (non-hydrogen) atoms. The largest absolute Gasteiger partial charge is 0.392 e. The van der Waals surface area contributed by atoms with Crippen LogP contribution in [0.1, 0.15) is 26.2 Å². The van der Waals surface area contributed by atoms with Crippen molar-refractivity contribution in [2.45, 2.75) is 79.6 Å². The second-order valence-electron chi connectivity index (χ2n) is 11.4.